The molecule has 0 saturated carbocycles. The van der Waals surface area contributed by atoms with Gasteiger partial charge in [-0.3, -0.25) is 4.98 Å². The molecule has 0 amide bonds. The lowest BCUT2D eigenvalue weighted by Crippen LogP contribution is -2.12. The van der Waals surface area contributed by atoms with Crippen molar-refractivity contribution in [2.24, 2.45) is 0 Å². The molecular weight excluding hydrogens is 354 g/mol. The predicted octanol–water partition coefficient (Wildman–Crippen LogP) is 4.82. The van der Waals surface area contributed by atoms with E-state index in [4.69, 9.17) is 14.5 Å². The minimum Gasteiger partial charge on any atom is -0.504 e. The monoisotopic (exact) mass is 379 g/mol. The highest BCUT2D eigenvalue weighted by molar-refractivity contribution is 5.64. The Bertz CT molecular complexity index is 913. The lowest BCUT2D eigenvalue weighted by Gasteiger charge is -2.20. The van der Waals surface area contributed by atoms with Crippen molar-refractivity contribution in [1.82, 2.24) is 9.97 Å². The first-order valence-corrected chi connectivity index (χ1v) is 9.24. The van der Waals surface area contributed by atoms with E-state index < -0.39 is 0 Å². The summed E-state index contributed by atoms with van der Waals surface area (Å²) < 4.78 is 10.4. The zero-order chi connectivity index (χ0) is 19.9. The maximum Gasteiger partial charge on any atom is 0.161 e. The summed E-state index contributed by atoms with van der Waals surface area (Å²) in [5.74, 6) is 2.02. The zero-order valence-corrected chi connectivity index (χ0v) is 16.3. The van der Waals surface area contributed by atoms with E-state index in [0.29, 0.717) is 17.3 Å². The van der Waals surface area contributed by atoms with E-state index in [1.807, 2.05) is 12.1 Å². The summed E-state index contributed by atoms with van der Waals surface area (Å²) >= 11 is 0. The Balaban J connectivity index is 1.85. The van der Waals surface area contributed by atoms with Gasteiger partial charge in [-0.2, -0.15) is 0 Å². The molecule has 0 spiro atoms. The topological polar surface area (TPSA) is 76.5 Å². The van der Waals surface area contributed by atoms with Crippen molar-refractivity contribution in [2.75, 3.05) is 19.5 Å². The van der Waals surface area contributed by atoms with Crippen LogP contribution in [0.2, 0.25) is 0 Å². The van der Waals surface area contributed by atoms with Crippen molar-refractivity contribution in [2.45, 2.75) is 25.8 Å². The number of methoxy groups -OCH3 is 2. The van der Waals surface area contributed by atoms with Crippen LogP contribution in [0.4, 0.5) is 5.82 Å². The van der Waals surface area contributed by atoms with Crippen LogP contribution in [-0.2, 0) is 0 Å². The molecule has 2 N–H and O–H groups in total. The van der Waals surface area contributed by atoms with Gasteiger partial charge in [-0.15, -0.1) is 0 Å². The van der Waals surface area contributed by atoms with Gasteiger partial charge >= 0.3 is 0 Å². The fourth-order valence-corrected chi connectivity index (χ4v) is 3.04. The number of anilines is 1. The largest absolute Gasteiger partial charge is 0.504 e. The minimum atomic E-state index is 0.0935. The standard InChI is InChI=1S/C22H25N3O3/c1-4-5-18(15-6-9-17(27-2)10-7-15)24-22-14-23-13-19(25-22)16-8-11-20(26)21(12-16)28-3/h6-14,18,26H,4-5H2,1-3H3,(H,24,25)/t18-/m0/s1. The summed E-state index contributed by atoms with van der Waals surface area (Å²) in [6.07, 6.45) is 5.41. The second kappa shape index (κ2) is 9.08. The van der Waals surface area contributed by atoms with Gasteiger partial charge in [0.2, 0.25) is 0 Å². The molecule has 0 aliphatic carbocycles. The van der Waals surface area contributed by atoms with Crippen LogP contribution in [0.1, 0.15) is 31.4 Å². The molecule has 0 aliphatic rings. The molecule has 1 atom stereocenters. The van der Waals surface area contributed by atoms with Crippen LogP contribution in [0, 0.1) is 0 Å². The first-order chi connectivity index (χ1) is 13.6. The van der Waals surface area contributed by atoms with Crippen LogP contribution in [0.15, 0.2) is 54.9 Å². The summed E-state index contributed by atoms with van der Waals surface area (Å²) in [6, 6.07) is 13.3. The van der Waals surface area contributed by atoms with E-state index in [-0.39, 0.29) is 11.8 Å². The second-order valence-electron chi connectivity index (χ2n) is 6.43. The van der Waals surface area contributed by atoms with Gasteiger partial charge in [0.05, 0.1) is 38.3 Å². The maximum atomic E-state index is 9.80. The molecule has 6 nitrogen and oxygen atoms in total. The first-order valence-electron chi connectivity index (χ1n) is 9.24. The number of ether oxygens (including phenoxy) is 2. The number of phenols is 1. The molecule has 28 heavy (non-hydrogen) atoms. The Hall–Kier alpha value is -3.28. The lowest BCUT2D eigenvalue weighted by atomic mass is 10.0. The van der Waals surface area contributed by atoms with Crippen LogP contribution < -0.4 is 14.8 Å². The van der Waals surface area contributed by atoms with Crippen molar-refractivity contribution in [3.63, 3.8) is 0 Å². The summed E-state index contributed by atoms with van der Waals surface area (Å²) in [4.78, 5) is 9.02. The Morgan fingerprint density at radius 3 is 2.50 bits per heavy atom. The van der Waals surface area contributed by atoms with Gasteiger partial charge in [0, 0.05) is 5.56 Å². The van der Waals surface area contributed by atoms with E-state index in [9.17, 15) is 5.11 Å². The quantitative estimate of drug-likeness (QED) is 0.584. The van der Waals surface area contributed by atoms with Crippen molar-refractivity contribution in [3.05, 3.63) is 60.4 Å². The fourth-order valence-electron chi connectivity index (χ4n) is 3.04. The van der Waals surface area contributed by atoms with Crippen molar-refractivity contribution < 1.29 is 14.6 Å². The smallest absolute Gasteiger partial charge is 0.161 e. The van der Waals surface area contributed by atoms with Crippen molar-refractivity contribution in [1.29, 1.82) is 0 Å². The third-order valence-corrected chi connectivity index (χ3v) is 4.53. The average Bonchev–Trinajstić information content (AvgIpc) is 2.74. The van der Waals surface area contributed by atoms with Gasteiger partial charge in [0.25, 0.3) is 0 Å². The molecule has 6 heteroatoms. The molecule has 0 bridgehead atoms. The highest BCUT2D eigenvalue weighted by Crippen LogP contribution is 2.31. The second-order valence-corrected chi connectivity index (χ2v) is 6.43. The number of nitrogens with one attached hydrogen (secondary N) is 1. The number of hydrogen-bond donors (Lipinski definition) is 2. The highest BCUT2D eigenvalue weighted by atomic mass is 16.5. The number of benzene rings is 2. The van der Waals surface area contributed by atoms with E-state index >= 15 is 0 Å². The molecule has 0 saturated heterocycles. The zero-order valence-electron chi connectivity index (χ0n) is 16.3. The van der Waals surface area contributed by atoms with Gasteiger partial charge < -0.3 is 19.9 Å². The summed E-state index contributed by atoms with van der Waals surface area (Å²) in [7, 11) is 3.18. The molecular formula is C22H25N3O3. The van der Waals surface area contributed by atoms with E-state index in [1.54, 1.807) is 37.7 Å². The van der Waals surface area contributed by atoms with Crippen molar-refractivity contribution >= 4 is 5.82 Å². The molecule has 146 valence electrons. The van der Waals surface area contributed by atoms with Crippen LogP contribution in [0.25, 0.3) is 11.3 Å². The Kier molecular flexibility index (Phi) is 6.32. The summed E-state index contributed by atoms with van der Waals surface area (Å²) in [6.45, 7) is 2.16. The molecule has 2 aromatic carbocycles. The Morgan fingerprint density at radius 2 is 1.82 bits per heavy atom. The number of phenolic OH excluding ortho intramolecular Hbond substituents is 1. The van der Waals surface area contributed by atoms with Gasteiger partial charge in [0.15, 0.2) is 11.5 Å². The summed E-state index contributed by atoms with van der Waals surface area (Å²) in [5.41, 5.74) is 2.69. The van der Waals surface area contributed by atoms with Gasteiger partial charge in [-0.1, -0.05) is 25.5 Å². The van der Waals surface area contributed by atoms with Gasteiger partial charge in [0.1, 0.15) is 11.6 Å². The predicted molar refractivity (Wildman–Crippen MR) is 110 cm³/mol. The van der Waals surface area contributed by atoms with Crippen LogP contribution in [-0.4, -0.2) is 29.3 Å². The highest BCUT2D eigenvalue weighted by Gasteiger charge is 2.13. The minimum absolute atomic E-state index is 0.0935. The molecule has 0 aliphatic heterocycles. The SMILES string of the molecule is CCC[C@H](Nc1cncc(-c2ccc(O)c(OC)c2)n1)c1ccc(OC)cc1. The summed E-state index contributed by atoms with van der Waals surface area (Å²) in [5, 5.41) is 13.3. The Morgan fingerprint density at radius 1 is 1.04 bits per heavy atom. The third-order valence-electron chi connectivity index (χ3n) is 4.53. The van der Waals surface area contributed by atoms with Gasteiger partial charge in [-0.25, -0.2) is 4.98 Å². The molecule has 0 unspecified atom stereocenters. The number of aromatic hydroxyl groups is 1. The first kappa shape index (κ1) is 19.5. The van der Waals surface area contributed by atoms with E-state index in [1.165, 1.54) is 12.7 Å². The fraction of sp³-hybridized carbons (Fsp3) is 0.273. The van der Waals surface area contributed by atoms with E-state index in [2.05, 4.69) is 29.4 Å². The van der Waals surface area contributed by atoms with Crippen molar-refractivity contribution in [3.8, 4) is 28.5 Å². The number of nitrogens with zero attached hydrogens (tertiary/aromatic N) is 2. The molecule has 1 heterocycles. The third kappa shape index (κ3) is 4.52. The molecule has 0 fully saturated rings. The number of aromatic nitrogens is 2. The maximum absolute atomic E-state index is 9.80. The number of rotatable bonds is 8. The molecule has 1 aromatic heterocycles. The number of hydrogen-bond acceptors (Lipinski definition) is 6. The van der Waals surface area contributed by atoms with Crippen LogP contribution in [0.5, 0.6) is 17.2 Å². The lowest BCUT2D eigenvalue weighted by molar-refractivity contribution is 0.373. The Labute approximate surface area is 165 Å². The van der Waals surface area contributed by atoms with Crippen LogP contribution >= 0.6 is 0 Å². The van der Waals surface area contributed by atoms with E-state index in [0.717, 1.165) is 24.2 Å². The molecule has 3 rings (SSSR count). The van der Waals surface area contributed by atoms with Gasteiger partial charge in [-0.05, 0) is 42.3 Å². The van der Waals surface area contributed by atoms with Crippen LogP contribution in [0.3, 0.4) is 0 Å². The normalized spacial score (nSPS) is 11.7. The molecule has 0 radical (unpaired) electrons. The molecule has 3 aromatic rings. The average molecular weight is 379 g/mol.